The van der Waals surface area contributed by atoms with Crippen LogP contribution in [0.4, 0.5) is 0 Å². The standard InChI is InChI=1S/C48H30N2S2Si/c1-2-13-33(14-3-1)53-46-27-25-31(49-38-19-8-4-15-34(38)35-16-5-9-20-39(35)49)29-44(46)51-42-23-12-24-43(48(42)53)52-45-30-32(26-28-47(45)53)50-40-21-10-6-17-36(40)37-18-7-11-22-41(37)50/h1-30H. The van der Waals surface area contributed by atoms with Gasteiger partial charge in [-0.05, 0) is 81.4 Å². The zero-order valence-corrected chi connectivity index (χ0v) is 31.2. The van der Waals surface area contributed by atoms with E-state index in [9.17, 15) is 0 Å². The molecule has 0 bridgehead atoms. The topological polar surface area (TPSA) is 9.86 Å². The molecule has 4 heterocycles. The van der Waals surface area contributed by atoms with E-state index in [0.717, 1.165) is 0 Å². The third kappa shape index (κ3) is 4.02. The van der Waals surface area contributed by atoms with Crippen LogP contribution in [0.3, 0.4) is 0 Å². The van der Waals surface area contributed by atoms with Crippen molar-refractivity contribution in [2.45, 2.75) is 19.6 Å². The van der Waals surface area contributed by atoms with Crippen LogP contribution in [0.5, 0.6) is 0 Å². The highest BCUT2D eigenvalue weighted by Gasteiger charge is 2.51. The van der Waals surface area contributed by atoms with Crippen LogP contribution in [-0.4, -0.2) is 17.2 Å². The Balaban J connectivity index is 1.14. The van der Waals surface area contributed by atoms with Crippen LogP contribution >= 0.6 is 23.5 Å². The summed E-state index contributed by atoms with van der Waals surface area (Å²) in [6, 6.07) is 68.4. The minimum Gasteiger partial charge on any atom is -0.309 e. The first-order valence-electron chi connectivity index (χ1n) is 18.1. The summed E-state index contributed by atoms with van der Waals surface area (Å²) in [5, 5.41) is 11.1. The van der Waals surface area contributed by atoms with Gasteiger partial charge in [-0.3, -0.25) is 0 Å². The van der Waals surface area contributed by atoms with Gasteiger partial charge in [0.05, 0.1) is 22.1 Å². The molecule has 248 valence electrons. The van der Waals surface area contributed by atoms with E-state index in [2.05, 4.69) is 191 Å². The molecule has 0 fully saturated rings. The third-order valence-electron chi connectivity index (χ3n) is 11.4. The molecule has 12 rings (SSSR count). The van der Waals surface area contributed by atoms with Crippen molar-refractivity contribution in [2.75, 3.05) is 0 Å². The Morgan fingerprint density at radius 1 is 0.340 bits per heavy atom. The summed E-state index contributed by atoms with van der Waals surface area (Å²) in [4.78, 5) is 5.48. The zero-order valence-electron chi connectivity index (χ0n) is 28.5. The van der Waals surface area contributed by atoms with Crippen LogP contribution in [0, 0.1) is 0 Å². The molecule has 0 aliphatic carbocycles. The molecule has 0 saturated carbocycles. The lowest BCUT2D eigenvalue weighted by atomic mass is 10.2. The quantitative estimate of drug-likeness (QED) is 0.168. The lowest BCUT2D eigenvalue weighted by Gasteiger charge is -2.44. The fourth-order valence-corrected chi connectivity index (χ4v) is 18.6. The maximum absolute atomic E-state index is 2.74. The Morgan fingerprint density at radius 2 is 0.736 bits per heavy atom. The molecular weight excluding hydrogens is 697 g/mol. The van der Waals surface area contributed by atoms with Crippen molar-refractivity contribution in [3.63, 3.8) is 0 Å². The molecule has 0 N–H and O–H groups in total. The minimum absolute atomic E-state index is 1.21. The zero-order chi connectivity index (χ0) is 34.7. The molecule has 5 heteroatoms. The molecule has 0 saturated heterocycles. The van der Waals surface area contributed by atoms with Gasteiger partial charge in [-0.25, -0.2) is 0 Å². The van der Waals surface area contributed by atoms with Crippen molar-refractivity contribution in [1.82, 2.24) is 9.13 Å². The first-order valence-corrected chi connectivity index (χ1v) is 21.7. The number of rotatable bonds is 3. The van der Waals surface area contributed by atoms with Crippen LogP contribution in [0.1, 0.15) is 0 Å². The normalized spacial score (nSPS) is 14.0. The molecule has 53 heavy (non-hydrogen) atoms. The molecule has 0 amide bonds. The second-order valence-electron chi connectivity index (χ2n) is 14.0. The molecule has 2 aliphatic heterocycles. The second-order valence-corrected chi connectivity index (χ2v) is 19.9. The van der Waals surface area contributed by atoms with Crippen LogP contribution in [0.25, 0.3) is 55.0 Å². The van der Waals surface area contributed by atoms with Crippen molar-refractivity contribution in [3.05, 3.63) is 182 Å². The maximum Gasteiger partial charge on any atom is 0.184 e. The lowest BCUT2D eigenvalue weighted by molar-refractivity contribution is 1.16. The van der Waals surface area contributed by atoms with Crippen molar-refractivity contribution in [3.8, 4) is 11.4 Å². The average molecular weight is 727 g/mol. The fraction of sp³-hybridized carbons (Fsp3) is 0. The van der Waals surface area contributed by atoms with Gasteiger partial charge in [0, 0.05) is 52.5 Å². The molecule has 8 aromatic carbocycles. The van der Waals surface area contributed by atoms with Gasteiger partial charge in [0.1, 0.15) is 0 Å². The molecule has 0 radical (unpaired) electrons. The first-order chi connectivity index (χ1) is 26.3. The Morgan fingerprint density at radius 3 is 1.17 bits per heavy atom. The Labute approximate surface area is 316 Å². The fourth-order valence-electron chi connectivity index (χ4n) is 9.34. The summed E-state index contributed by atoms with van der Waals surface area (Å²) in [6.07, 6.45) is 0. The van der Waals surface area contributed by atoms with E-state index in [1.807, 2.05) is 23.5 Å². The number of hydrogen-bond acceptors (Lipinski definition) is 2. The SMILES string of the molecule is c1ccc([Si]23c4ccc(-n5c6ccccc6c6ccccc65)cc4Sc4cccc(c42)Sc2cc(-n4c5ccccc5c5ccccc54)ccc23)cc1. The predicted octanol–water partition coefficient (Wildman–Crippen LogP) is 10.2. The molecular formula is C48H30N2S2Si. The maximum atomic E-state index is 2.49. The number of aromatic nitrogens is 2. The van der Waals surface area contributed by atoms with Crippen LogP contribution in [0.2, 0.25) is 0 Å². The molecule has 0 atom stereocenters. The molecule has 0 unspecified atom stereocenters. The van der Waals surface area contributed by atoms with Gasteiger partial charge in [-0.2, -0.15) is 0 Å². The smallest absolute Gasteiger partial charge is 0.184 e. The summed E-state index contributed by atoms with van der Waals surface area (Å²) >= 11 is 3.90. The number of hydrogen-bond donors (Lipinski definition) is 0. The van der Waals surface area contributed by atoms with E-state index in [1.54, 1.807) is 0 Å². The highest BCUT2D eigenvalue weighted by molar-refractivity contribution is 8.01. The van der Waals surface area contributed by atoms with Crippen molar-refractivity contribution in [1.29, 1.82) is 0 Å². The minimum atomic E-state index is -2.74. The molecule has 2 nitrogen and oxygen atoms in total. The molecule has 2 aliphatic rings. The van der Waals surface area contributed by atoms with Gasteiger partial charge in [0.25, 0.3) is 0 Å². The highest BCUT2D eigenvalue weighted by atomic mass is 32.2. The van der Waals surface area contributed by atoms with Crippen LogP contribution < -0.4 is 20.7 Å². The first kappa shape index (κ1) is 29.8. The van der Waals surface area contributed by atoms with Gasteiger partial charge in [0.2, 0.25) is 0 Å². The third-order valence-corrected chi connectivity index (χ3v) is 19.4. The van der Waals surface area contributed by atoms with Crippen LogP contribution in [0.15, 0.2) is 202 Å². The predicted molar refractivity (Wildman–Crippen MR) is 227 cm³/mol. The van der Waals surface area contributed by atoms with E-state index in [1.165, 1.54) is 95.3 Å². The Hall–Kier alpha value is -5.72. The number of para-hydroxylation sites is 4. The van der Waals surface area contributed by atoms with Gasteiger partial charge >= 0.3 is 0 Å². The molecule has 0 spiro atoms. The highest BCUT2D eigenvalue weighted by Crippen LogP contribution is 2.44. The monoisotopic (exact) mass is 726 g/mol. The van der Waals surface area contributed by atoms with Crippen molar-refractivity contribution < 1.29 is 0 Å². The Kier molecular flexibility index (Phi) is 6.27. The largest absolute Gasteiger partial charge is 0.309 e. The van der Waals surface area contributed by atoms with Gasteiger partial charge in [-0.15, -0.1) is 0 Å². The summed E-state index contributed by atoms with van der Waals surface area (Å²) < 4.78 is 4.91. The van der Waals surface area contributed by atoms with E-state index in [0.29, 0.717) is 0 Å². The van der Waals surface area contributed by atoms with Gasteiger partial charge in [-0.1, -0.05) is 145 Å². The average Bonchev–Trinajstić information content (AvgIpc) is 3.74. The van der Waals surface area contributed by atoms with E-state index >= 15 is 0 Å². The summed E-state index contributed by atoms with van der Waals surface area (Å²) in [7, 11) is -2.74. The van der Waals surface area contributed by atoms with Crippen molar-refractivity contribution >= 4 is 96.0 Å². The summed E-state index contributed by atoms with van der Waals surface area (Å²) in [5.74, 6) is 0. The second kappa shape index (κ2) is 11.1. The molecule has 2 aromatic heterocycles. The van der Waals surface area contributed by atoms with E-state index in [4.69, 9.17) is 0 Å². The Bertz CT molecular complexity index is 2850. The van der Waals surface area contributed by atoms with Gasteiger partial charge in [0.15, 0.2) is 8.07 Å². The van der Waals surface area contributed by atoms with Crippen LogP contribution in [-0.2, 0) is 0 Å². The molecule has 10 aromatic rings. The number of nitrogens with zero attached hydrogens (tertiary/aromatic N) is 2. The van der Waals surface area contributed by atoms with E-state index in [-0.39, 0.29) is 0 Å². The summed E-state index contributed by atoms with van der Waals surface area (Å²) in [5.41, 5.74) is 7.37. The van der Waals surface area contributed by atoms with E-state index < -0.39 is 8.07 Å². The number of fused-ring (bicyclic) bond motifs is 10. The summed E-state index contributed by atoms with van der Waals surface area (Å²) in [6.45, 7) is 0. The lowest BCUT2D eigenvalue weighted by Crippen LogP contribution is -2.78. The van der Waals surface area contributed by atoms with Crippen molar-refractivity contribution in [2.24, 2.45) is 0 Å². The van der Waals surface area contributed by atoms with Gasteiger partial charge < -0.3 is 9.13 Å². The number of benzene rings is 8.